The lowest BCUT2D eigenvalue weighted by Gasteiger charge is -2.55. The van der Waals surface area contributed by atoms with Gasteiger partial charge in [0.2, 0.25) is 0 Å². The highest BCUT2D eigenvalue weighted by Gasteiger charge is 2.58. The quantitative estimate of drug-likeness (QED) is 0.0914. The zero-order valence-electron chi connectivity index (χ0n) is 27.2. The molecule has 2 aliphatic rings. The predicted octanol–water partition coefficient (Wildman–Crippen LogP) is 6.82. The number of nitro benzene ring substituents is 1. The Morgan fingerprint density at radius 2 is 1.61 bits per heavy atom. The van der Waals surface area contributed by atoms with Crippen LogP contribution in [0.4, 0.5) is 15.6 Å². The van der Waals surface area contributed by atoms with Crippen LogP contribution in [0.3, 0.4) is 0 Å². The van der Waals surface area contributed by atoms with Gasteiger partial charge in [0.1, 0.15) is 36.4 Å². The van der Waals surface area contributed by atoms with Crippen LogP contribution in [-0.4, -0.2) is 64.3 Å². The zero-order valence-corrected chi connectivity index (χ0v) is 28.1. The molecule has 0 spiro atoms. The fraction of sp³-hybridized carbons (Fsp3) is 0.361. The number of rotatable bonds is 13. The van der Waals surface area contributed by atoms with Crippen molar-refractivity contribution in [2.75, 3.05) is 24.5 Å². The number of amides is 2. The summed E-state index contributed by atoms with van der Waals surface area (Å²) in [7, 11) is 0. The number of benzene rings is 3. The third kappa shape index (κ3) is 8.11. The van der Waals surface area contributed by atoms with Crippen molar-refractivity contribution in [2.24, 2.45) is 0 Å². The molecule has 4 aromatic rings. The Morgan fingerprint density at radius 3 is 2.20 bits per heavy atom. The lowest BCUT2D eigenvalue weighted by molar-refractivity contribution is -0.384. The van der Waals surface area contributed by atoms with Gasteiger partial charge in [-0.3, -0.25) is 14.9 Å². The fourth-order valence-electron chi connectivity index (χ4n) is 6.07. The summed E-state index contributed by atoms with van der Waals surface area (Å²) in [5, 5.41) is 16.4. The molecule has 1 atom stereocenters. The van der Waals surface area contributed by atoms with Crippen molar-refractivity contribution >= 4 is 34.2 Å². The molecule has 1 aromatic heterocycles. The molecule has 0 aliphatic carbocycles. The van der Waals surface area contributed by atoms with Gasteiger partial charge in [-0.05, 0) is 61.2 Å². The lowest BCUT2D eigenvalue weighted by Crippen LogP contribution is -2.75. The van der Waals surface area contributed by atoms with E-state index in [1.54, 1.807) is 22.4 Å². The molecule has 2 fully saturated rings. The Kier molecular flexibility index (Phi) is 10.6. The summed E-state index contributed by atoms with van der Waals surface area (Å²) >= 11 is 1.42. The highest BCUT2D eigenvalue weighted by molar-refractivity contribution is 7.14. The summed E-state index contributed by atoms with van der Waals surface area (Å²) < 4.78 is 18.6. The Bertz CT molecular complexity index is 1670. The van der Waals surface area contributed by atoms with Crippen molar-refractivity contribution in [1.29, 1.82) is 0 Å². The number of hydrogen-bond acceptors (Lipinski definition) is 10. The Balaban J connectivity index is 1.04. The average Bonchev–Trinajstić information content (AvgIpc) is 3.61. The van der Waals surface area contributed by atoms with E-state index >= 15 is 0 Å². The number of anilines is 1. The highest BCUT2D eigenvalue weighted by Crippen LogP contribution is 2.43. The Hall–Kier alpha value is -5.17. The number of hydrogen-bond donors (Lipinski definition) is 1. The first-order chi connectivity index (χ1) is 23.8. The second-order valence-electron chi connectivity index (χ2n) is 12.2. The summed E-state index contributed by atoms with van der Waals surface area (Å²) in [6, 6.07) is 25.0. The first-order valence-electron chi connectivity index (χ1n) is 16.5. The van der Waals surface area contributed by atoms with Gasteiger partial charge in [0.05, 0.1) is 4.92 Å². The topological polar surface area (TPSA) is 136 Å². The van der Waals surface area contributed by atoms with E-state index in [4.69, 9.17) is 19.2 Å². The summed E-state index contributed by atoms with van der Waals surface area (Å²) in [6.07, 6.45) is 3.52. The maximum atomic E-state index is 13.3. The van der Waals surface area contributed by atoms with Gasteiger partial charge in [-0.25, -0.2) is 9.78 Å². The summed E-state index contributed by atoms with van der Waals surface area (Å²) in [5.41, 5.74) is 0.995. The number of ether oxygens (including phenoxy) is 3. The predicted molar refractivity (Wildman–Crippen MR) is 185 cm³/mol. The highest BCUT2D eigenvalue weighted by atomic mass is 32.1. The van der Waals surface area contributed by atoms with E-state index in [-0.39, 0.29) is 30.3 Å². The van der Waals surface area contributed by atoms with Gasteiger partial charge in [-0.15, -0.1) is 11.3 Å². The number of thiazole rings is 1. The van der Waals surface area contributed by atoms with Crippen molar-refractivity contribution in [2.45, 2.75) is 63.5 Å². The molecule has 3 aromatic carbocycles. The number of non-ortho nitro benzene ring substituents is 1. The van der Waals surface area contributed by atoms with E-state index in [0.717, 1.165) is 35.9 Å². The van der Waals surface area contributed by atoms with E-state index in [1.165, 1.54) is 23.5 Å². The van der Waals surface area contributed by atoms with Gasteiger partial charge in [-0.2, -0.15) is 0 Å². The van der Waals surface area contributed by atoms with Crippen LogP contribution in [0.2, 0.25) is 0 Å². The second-order valence-corrected chi connectivity index (χ2v) is 13.0. The molecule has 0 radical (unpaired) electrons. The Morgan fingerprint density at radius 1 is 0.980 bits per heavy atom. The van der Waals surface area contributed by atoms with Crippen LogP contribution in [0.25, 0.3) is 0 Å². The molecule has 256 valence electrons. The van der Waals surface area contributed by atoms with Gasteiger partial charge in [0.15, 0.2) is 5.13 Å². The number of carbonyl (C=O) groups is 2. The van der Waals surface area contributed by atoms with Crippen molar-refractivity contribution in [3.63, 3.8) is 0 Å². The van der Waals surface area contributed by atoms with Crippen LogP contribution >= 0.6 is 11.3 Å². The Labute approximate surface area is 288 Å². The first-order valence-corrected chi connectivity index (χ1v) is 17.4. The van der Waals surface area contributed by atoms with E-state index in [2.05, 4.69) is 17.1 Å². The molecule has 2 saturated heterocycles. The number of likely N-dealkylation sites (tertiary alicyclic amines) is 1. The number of nitro groups is 1. The number of piperidine rings is 1. The molecule has 0 saturated carbocycles. The minimum absolute atomic E-state index is 0.0197. The van der Waals surface area contributed by atoms with Crippen molar-refractivity contribution in [1.82, 2.24) is 15.2 Å². The van der Waals surface area contributed by atoms with Crippen LogP contribution in [0.5, 0.6) is 11.5 Å². The standard InChI is InChI=1S/C36H39N5O7S/c1-2-3-14-32-36(47-29-10-6-4-7-11-29,48-30-12-8-5-9-13-30)25-40(32)34-38-31(24-49-34)33(42)37-27-19-21-39(22-20-27)35(43)46-23-26-15-17-28(18-16-26)41(44)45/h4-13,15-18,24,27,32H,2-3,14,19-23,25H2,1H3,(H,37,42). The molecule has 2 amide bonds. The second kappa shape index (κ2) is 15.4. The fourth-order valence-corrected chi connectivity index (χ4v) is 6.92. The maximum absolute atomic E-state index is 13.3. The molecule has 3 heterocycles. The molecule has 0 bridgehead atoms. The number of nitrogens with zero attached hydrogens (tertiary/aromatic N) is 4. The van der Waals surface area contributed by atoms with E-state index < -0.39 is 16.8 Å². The molecular weight excluding hydrogens is 646 g/mol. The molecule has 13 heteroatoms. The molecular formula is C36H39N5O7S. The van der Waals surface area contributed by atoms with Crippen LogP contribution in [0, 0.1) is 10.1 Å². The van der Waals surface area contributed by atoms with E-state index in [1.807, 2.05) is 60.7 Å². The number of unbranched alkanes of at least 4 members (excludes halogenated alkanes) is 1. The van der Waals surface area contributed by atoms with Crippen LogP contribution < -0.4 is 19.7 Å². The van der Waals surface area contributed by atoms with Crippen LogP contribution in [0.15, 0.2) is 90.3 Å². The minimum atomic E-state index is -0.928. The van der Waals surface area contributed by atoms with E-state index in [9.17, 15) is 19.7 Å². The first kappa shape index (κ1) is 33.7. The lowest BCUT2D eigenvalue weighted by atomic mass is 9.90. The molecule has 1 unspecified atom stereocenters. The minimum Gasteiger partial charge on any atom is -0.449 e. The normalized spacial score (nSPS) is 17.1. The SMILES string of the molecule is CCCCC1N(c2nc(C(=O)NC3CCN(C(=O)OCc4ccc([N+](=O)[O-])cc4)CC3)cs2)CC1(Oc1ccccc1)Oc1ccccc1. The molecule has 1 N–H and O–H groups in total. The van der Waals surface area contributed by atoms with Gasteiger partial charge in [0, 0.05) is 36.6 Å². The average molecular weight is 686 g/mol. The molecule has 49 heavy (non-hydrogen) atoms. The number of para-hydroxylation sites is 2. The summed E-state index contributed by atoms with van der Waals surface area (Å²) in [5.74, 6) is 0.271. The number of carbonyl (C=O) groups excluding carboxylic acids is 2. The monoisotopic (exact) mass is 685 g/mol. The maximum Gasteiger partial charge on any atom is 0.410 e. The van der Waals surface area contributed by atoms with Gasteiger partial charge < -0.3 is 29.3 Å². The summed E-state index contributed by atoms with van der Waals surface area (Å²) in [6.45, 7) is 3.49. The smallest absolute Gasteiger partial charge is 0.410 e. The summed E-state index contributed by atoms with van der Waals surface area (Å²) in [4.78, 5) is 44.8. The van der Waals surface area contributed by atoms with Crippen molar-refractivity contribution in [3.05, 3.63) is 112 Å². The third-order valence-corrected chi connectivity index (χ3v) is 9.62. The number of nitrogens with one attached hydrogen (secondary N) is 1. The number of aromatic nitrogens is 1. The van der Waals surface area contributed by atoms with Gasteiger partial charge in [0.25, 0.3) is 17.4 Å². The van der Waals surface area contributed by atoms with Crippen molar-refractivity contribution < 1.29 is 28.7 Å². The molecule has 6 rings (SSSR count). The molecule has 12 nitrogen and oxygen atoms in total. The molecule has 2 aliphatic heterocycles. The van der Waals surface area contributed by atoms with E-state index in [0.29, 0.717) is 43.7 Å². The third-order valence-electron chi connectivity index (χ3n) is 8.74. The van der Waals surface area contributed by atoms with Crippen molar-refractivity contribution in [3.8, 4) is 11.5 Å². The van der Waals surface area contributed by atoms with Crippen LogP contribution in [-0.2, 0) is 11.3 Å². The largest absolute Gasteiger partial charge is 0.449 e. The van der Waals surface area contributed by atoms with Crippen LogP contribution in [0.1, 0.15) is 55.1 Å². The van der Waals surface area contributed by atoms with Gasteiger partial charge >= 0.3 is 6.09 Å². The zero-order chi connectivity index (χ0) is 34.2. The van der Waals surface area contributed by atoms with Gasteiger partial charge in [-0.1, -0.05) is 56.2 Å².